The van der Waals surface area contributed by atoms with E-state index in [1.54, 1.807) is 17.0 Å². The van der Waals surface area contributed by atoms with Gasteiger partial charge in [0, 0.05) is 19.0 Å². The van der Waals surface area contributed by atoms with Crippen molar-refractivity contribution in [2.45, 2.75) is 25.7 Å². The molecule has 0 radical (unpaired) electrons. The van der Waals surface area contributed by atoms with Crippen molar-refractivity contribution in [2.24, 2.45) is 11.1 Å². The van der Waals surface area contributed by atoms with Gasteiger partial charge in [-0.05, 0) is 37.1 Å². The van der Waals surface area contributed by atoms with Crippen LogP contribution in [0.5, 0.6) is 0 Å². The Morgan fingerprint density at radius 1 is 1.37 bits per heavy atom. The predicted molar refractivity (Wildman–Crippen MR) is 73.1 cm³/mol. The van der Waals surface area contributed by atoms with Crippen molar-refractivity contribution >= 4 is 5.91 Å². The van der Waals surface area contributed by atoms with E-state index >= 15 is 0 Å². The van der Waals surface area contributed by atoms with E-state index in [4.69, 9.17) is 5.73 Å². The van der Waals surface area contributed by atoms with Gasteiger partial charge in [0.1, 0.15) is 5.82 Å². The van der Waals surface area contributed by atoms with Crippen molar-refractivity contribution in [3.63, 3.8) is 0 Å². The summed E-state index contributed by atoms with van der Waals surface area (Å²) in [5, 5.41) is 0. The van der Waals surface area contributed by atoms with Gasteiger partial charge in [0.15, 0.2) is 0 Å². The van der Waals surface area contributed by atoms with Crippen molar-refractivity contribution in [3.05, 3.63) is 35.6 Å². The maximum Gasteiger partial charge on any atom is 0.226 e. The molecule has 0 saturated heterocycles. The first-order chi connectivity index (χ1) is 9.04. The maximum atomic E-state index is 12.8. The molecule has 1 amide bonds. The Balaban J connectivity index is 1.90. The fourth-order valence-electron chi connectivity index (χ4n) is 2.61. The molecule has 1 aromatic carbocycles. The molecule has 1 fully saturated rings. The first-order valence-corrected chi connectivity index (χ1v) is 6.73. The van der Waals surface area contributed by atoms with Crippen LogP contribution in [0.4, 0.5) is 4.39 Å². The third kappa shape index (κ3) is 3.32. The van der Waals surface area contributed by atoms with Gasteiger partial charge in [-0.1, -0.05) is 18.6 Å². The van der Waals surface area contributed by atoms with Crippen LogP contribution >= 0.6 is 0 Å². The van der Waals surface area contributed by atoms with Crippen molar-refractivity contribution in [1.29, 1.82) is 0 Å². The van der Waals surface area contributed by atoms with Crippen LogP contribution in [0.2, 0.25) is 0 Å². The largest absolute Gasteiger partial charge is 0.345 e. The highest BCUT2D eigenvalue weighted by atomic mass is 19.1. The zero-order chi connectivity index (χ0) is 13.9. The zero-order valence-corrected chi connectivity index (χ0v) is 11.4. The summed E-state index contributed by atoms with van der Waals surface area (Å²) in [6, 6.07) is 6.08. The van der Waals surface area contributed by atoms with Crippen molar-refractivity contribution in [1.82, 2.24) is 4.90 Å². The van der Waals surface area contributed by atoms with Gasteiger partial charge in [-0.15, -0.1) is 0 Å². The number of hydrogen-bond donors (Lipinski definition) is 1. The Morgan fingerprint density at radius 3 is 2.47 bits per heavy atom. The van der Waals surface area contributed by atoms with Crippen LogP contribution in [-0.2, 0) is 11.2 Å². The minimum atomic E-state index is -0.277. The monoisotopic (exact) mass is 264 g/mol. The Morgan fingerprint density at radius 2 is 2.00 bits per heavy atom. The summed E-state index contributed by atoms with van der Waals surface area (Å²) in [7, 11) is 1.82. The summed E-state index contributed by atoms with van der Waals surface area (Å²) in [6.45, 7) is 1.37. The van der Waals surface area contributed by atoms with Gasteiger partial charge in [0.2, 0.25) is 5.91 Å². The minimum Gasteiger partial charge on any atom is -0.345 e. The molecule has 0 atom stereocenters. The van der Waals surface area contributed by atoms with Gasteiger partial charge in [-0.25, -0.2) is 4.39 Å². The van der Waals surface area contributed by atoms with Gasteiger partial charge in [-0.3, -0.25) is 4.79 Å². The Hall–Kier alpha value is -1.42. The Labute approximate surface area is 113 Å². The van der Waals surface area contributed by atoms with Crippen molar-refractivity contribution < 1.29 is 9.18 Å². The highest BCUT2D eigenvalue weighted by Crippen LogP contribution is 2.40. The summed E-state index contributed by atoms with van der Waals surface area (Å²) in [5.41, 5.74) is 6.78. The number of rotatable bonds is 5. The average molecular weight is 264 g/mol. The number of nitrogens with zero attached hydrogens (tertiary/aromatic N) is 1. The molecule has 0 unspecified atom stereocenters. The number of likely N-dealkylation sites (N-methyl/N-ethyl adjacent to an activating group) is 1. The molecule has 0 spiro atoms. The Kier molecular flexibility index (Phi) is 4.20. The molecule has 1 aromatic rings. The van der Waals surface area contributed by atoms with Crippen LogP contribution in [0.25, 0.3) is 0 Å². The normalized spacial score (nSPS) is 16.8. The molecule has 1 aliphatic rings. The van der Waals surface area contributed by atoms with E-state index in [2.05, 4.69) is 0 Å². The minimum absolute atomic E-state index is 0.0614. The second-order valence-corrected chi connectivity index (χ2v) is 5.61. The molecule has 4 heteroatoms. The maximum absolute atomic E-state index is 12.8. The van der Waals surface area contributed by atoms with Crippen LogP contribution in [0.1, 0.15) is 24.8 Å². The second kappa shape index (κ2) is 5.70. The van der Waals surface area contributed by atoms with Crippen LogP contribution in [0, 0.1) is 11.2 Å². The van der Waals surface area contributed by atoms with E-state index in [0.29, 0.717) is 13.0 Å². The predicted octanol–water partition coefficient (Wildman–Crippen LogP) is 1.96. The lowest BCUT2D eigenvalue weighted by molar-refractivity contribution is -0.131. The number of benzene rings is 1. The van der Waals surface area contributed by atoms with Gasteiger partial charge in [0.25, 0.3) is 0 Å². The topological polar surface area (TPSA) is 46.3 Å². The third-order valence-corrected chi connectivity index (χ3v) is 4.11. The van der Waals surface area contributed by atoms with Gasteiger partial charge in [-0.2, -0.15) is 0 Å². The summed E-state index contributed by atoms with van der Waals surface area (Å²) >= 11 is 0. The number of carbonyl (C=O) groups is 1. The van der Waals surface area contributed by atoms with E-state index < -0.39 is 0 Å². The third-order valence-electron chi connectivity index (χ3n) is 4.11. The number of carbonyl (C=O) groups excluding carboxylic acids is 1. The SMILES string of the molecule is CN(CC1(CN)CCC1)C(=O)Cc1ccc(F)cc1. The van der Waals surface area contributed by atoms with E-state index in [0.717, 1.165) is 24.9 Å². The second-order valence-electron chi connectivity index (χ2n) is 5.61. The molecule has 2 rings (SSSR count). The molecular weight excluding hydrogens is 243 g/mol. The number of nitrogens with two attached hydrogens (primary N) is 1. The molecule has 19 heavy (non-hydrogen) atoms. The van der Waals surface area contributed by atoms with Crippen LogP contribution in [-0.4, -0.2) is 30.9 Å². The van der Waals surface area contributed by atoms with Crippen LogP contribution < -0.4 is 5.73 Å². The summed E-state index contributed by atoms with van der Waals surface area (Å²) in [5.74, 6) is -0.215. The highest BCUT2D eigenvalue weighted by Gasteiger charge is 2.37. The fourth-order valence-corrected chi connectivity index (χ4v) is 2.61. The van der Waals surface area contributed by atoms with Gasteiger partial charge >= 0.3 is 0 Å². The summed E-state index contributed by atoms with van der Waals surface area (Å²) in [6.07, 6.45) is 3.74. The number of amides is 1. The zero-order valence-electron chi connectivity index (χ0n) is 11.4. The molecule has 0 aliphatic heterocycles. The first kappa shape index (κ1) is 14.0. The smallest absolute Gasteiger partial charge is 0.226 e. The lowest BCUT2D eigenvalue weighted by Gasteiger charge is -2.43. The lowest BCUT2D eigenvalue weighted by atomic mass is 9.68. The van der Waals surface area contributed by atoms with E-state index in [9.17, 15) is 9.18 Å². The Bertz CT molecular complexity index is 434. The standard InChI is InChI=1S/C15H21FN2O/c1-18(11-15(10-17)7-2-8-15)14(19)9-12-3-5-13(16)6-4-12/h3-6H,2,7-11,17H2,1H3. The van der Waals surface area contributed by atoms with Gasteiger partial charge in [0.05, 0.1) is 6.42 Å². The molecule has 2 N–H and O–H groups in total. The van der Waals surface area contributed by atoms with Crippen molar-refractivity contribution in [2.75, 3.05) is 20.1 Å². The molecular formula is C15H21FN2O. The molecule has 1 saturated carbocycles. The average Bonchev–Trinajstić information content (AvgIpc) is 2.36. The van der Waals surface area contributed by atoms with Gasteiger partial charge < -0.3 is 10.6 Å². The summed E-state index contributed by atoms with van der Waals surface area (Å²) < 4.78 is 12.8. The molecule has 0 bridgehead atoms. The molecule has 0 heterocycles. The highest BCUT2D eigenvalue weighted by molar-refractivity contribution is 5.78. The molecule has 1 aliphatic carbocycles. The van der Waals surface area contributed by atoms with Crippen molar-refractivity contribution in [3.8, 4) is 0 Å². The van der Waals surface area contributed by atoms with E-state index in [1.165, 1.54) is 18.6 Å². The lowest BCUT2D eigenvalue weighted by Crippen LogP contribution is -2.47. The van der Waals surface area contributed by atoms with E-state index in [1.807, 2.05) is 7.05 Å². The molecule has 0 aromatic heterocycles. The first-order valence-electron chi connectivity index (χ1n) is 6.73. The molecule has 3 nitrogen and oxygen atoms in total. The summed E-state index contributed by atoms with van der Waals surface area (Å²) in [4.78, 5) is 13.9. The number of hydrogen-bond acceptors (Lipinski definition) is 2. The van der Waals surface area contributed by atoms with Crippen LogP contribution in [0.3, 0.4) is 0 Å². The number of halogens is 1. The fraction of sp³-hybridized carbons (Fsp3) is 0.533. The van der Waals surface area contributed by atoms with Crippen LogP contribution in [0.15, 0.2) is 24.3 Å². The van der Waals surface area contributed by atoms with E-state index in [-0.39, 0.29) is 17.1 Å². The quantitative estimate of drug-likeness (QED) is 0.883. The molecule has 104 valence electrons.